The minimum Gasteiger partial charge on any atom is -0.748 e. The summed E-state index contributed by atoms with van der Waals surface area (Å²) in [4.78, 5) is 0. The first-order valence-electron chi connectivity index (χ1n) is 7.28. The van der Waals surface area contributed by atoms with Crippen molar-refractivity contribution in [2.45, 2.75) is 46.7 Å². The van der Waals surface area contributed by atoms with Crippen molar-refractivity contribution in [3.63, 3.8) is 0 Å². The van der Waals surface area contributed by atoms with Crippen molar-refractivity contribution in [3.8, 4) is 0 Å². The molecule has 2 aromatic carbocycles. The molecule has 0 aliphatic heterocycles. The summed E-state index contributed by atoms with van der Waals surface area (Å²) in [6.45, 7) is 13.9. The molecule has 0 heterocycles. The largest absolute Gasteiger partial charge is 0.748 e. The average molecular weight is 344 g/mol. The number of rotatable bonds is 1. The minimum absolute atomic E-state index is 0. The van der Waals surface area contributed by atoms with Crippen LogP contribution in [0.3, 0.4) is 0 Å². The Kier molecular flexibility index (Phi) is 7.64. The van der Waals surface area contributed by atoms with Crippen LogP contribution in [-0.4, -0.2) is 0 Å². The number of hydrogen-bond acceptors (Lipinski definition) is 0. The van der Waals surface area contributed by atoms with Crippen LogP contribution in [0.15, 0.2) is 54.6 Å². The Morgan fingerprint density at radius 2 is 1.00 bits per heavy atom. The maximum Gasteiger partial charge on any atom is 0 e. The Morgan fingerprint density at radius 3 is 1.24 bits per heavy atom. The summed E-state index contributed by atoms with van der Waals surface area (Å²) in [5.41, 5.74) is 1.88. The molecule has 1 unspecified atom stereocenters. The van der Waals surface area contributed by atoms with Gasteiger partial charge < -0.3 is 30.3 Å². The average Bonchev–Trinajstić information content (AvgIpc) is 3.01. The van der Waals surface area contributed by atoms with Crippen LogP contribution >= 0.6 is 9.24 Å². The van der Waals surface area contributed by atoms with Crippen molar-refractivity contribution in [1.82, 2.24) is 0 Å². The van der Waals surface area contributed by atoms with Crippen LogP contribution in [0.25, 0.3) is 0 Å². The van der Waals surface area contributed by atoms with Crippen molar-refractivity contribution in [1.29, 1.82) is 0 Å². The van der Waals surface area contributed by atoms with Crippen molar-refractivity contribution in [2.75, 3.05) is 0 Å². The van der Waals surface area contributed by atoms with Gasteiger partial charge in [0.1, 0.15) is 0 Å². The van der Waals surface area contributed by atoms with E-state index < -0.39 is 0 Å². The summed E-state index contributed by atoms with van der Waals surface area (Å²) in [5.74, 6) is 0. The minimum atomic E-state index is 0. The second-order valence-corrected chi connectivity index (χ2v) is 8.31. The molecule has 0 nitrogen and oxygen atoms in total. The molecule has 21 heavy (non-hydrogen) atoms. The Labute approximate surface area is 144 Å². The van der Waals surface area contributed by atoms with Gasteiger partial charge >= 0.3 is 0 Å². The van der Waals surface area contributed by atoms with E-state index in [1.54, 1.807) is 0 Å². The van der Waals surface area contributed by atoms with E-state index in [-0.39, 0.29) is 33.1 Å². The van der Waals surface area contributed by atoms with E-state index in [0.29, 0.717) is 0 Å². The third-order valence-corrected chi connectivity index (χ3v) is 6.10. The Hall–Kier alpha value is -0.351. The number of hydrogen-bond donors (Lipinski definition) is 0. The molecule has 0 saturated heterocycles. The van der Waals surface area contributed by atoms with Crippen LogP contribution < -0.4 is 0 Å². The smallest absolute Gasteiger partial charge is 0 e. The van der Waals surface area contributed by atoms with Crippen LogP contribution in [0.4, 0.5) is 0 Å². The Balaban J connectivity index is 0.000000562. The third kappa shape index (κ3) is 4.82. The van der Waals surface area contributed by atoms with E-state index in [1.807, 2.05) is 30.3 Å². The van der Waals surface area contributed by atoms with Crippen LogP contribution in [-0.2, 0) is 22.2 Å². The van der Waals surface area contributed by atoms with Gasteiger partial charge in [-0.25, -0.2) is 12.1 Å². The zero-order chi connectivity index (χ0) is 15.4. The molecule has 0 bridgehead atoms. The van der Waals surface area contributed by atoms with E-state index >= 15 is 0 Å². The van der Waals surface area contributed by atoms with Gasteiger partial charge in [0.05, 0.1) is 0 Å². The first kappa shape index (κ1) is 20.6. The van der Waals surface area contributed by atoms with Gasteiger partial charge in [0.15, 0.2) is 0 Å². The van der Waals surface area contributed by atoms with Crippen molar-refractivity contribution >= 4 is 9.24 Å². The third-order valence-electron chi connectivity index (χ3n) is 4.04. The summed E-state index contributed by atoms with van der Waals surface area (Å²) in [6.07, 6.45) is 0. The molecular weight excluding hydrogens is 315 g/mol. The molecule has 0 radical (unpaired) electrons. The normalized spacial score (nSPS) is 12.1. The molecule has 0 aromatic heterocycles. The van der Waals surface area contributed by atoms with Crippen LogP contribution in [0.5, 0.6) is 0 Å². The standard InChI is InChI=1S/C14H24P.C5H5.Fe/c1-12(2,3)14(15,13(4,5)6)11-9-7-8-10-11;1-2-4-5-3-1;/h7-10H,15H2,1-6H3;1-5H;/q-1;-5;. The first-order valence-corrected chi connectivity index (χ1v) is 7.86. The molecular formula is C19H29FeP-6. The fourth-order valence-corrected chi connectivity index (χ4v) is 3.14. The second kappa shape index (κ2) is 7.77. The van der Waals surface area contributed by atoms with E-state index in [4.69, 9.17) is 0 Å². The summed E-state index contributed by atoms with van der Waals surface area (Å²) in [5, 5.41) is 0.115. The van der Waals surface area contributed by atoms with E-state index in [9.17, 15) is 0 Å². The van der Waals surface area contributed by atoms with Crippen molar-refractivity contribution in [2.24, 2.45) is 10.8 Å². The van der Waals surface area contributed by atoms with Gasteiger partial charge in [-0.2, -0.15) is 12.1 Å². The summed E-state index contributed by atoms with van der Waals surface area (Å²) >= 11 is 0. The van der Waals surface area contributed by atoms with Gasteiger partial charge in [0.25, 0.3) is 0 Å². The van der Waals surface area contributed by atoms with E-state index in [2.05, 4.69) is 75.0 Å². The maximum atomic E-state index is 3.11. The Morgan fingerprint density at radius 1 is 0.714 bits per heavy atom. The zero-order valence-corrected chi connectivity index (χ0v) is 16.4. The molecule has 0 aliphatic rings. The molecule has 0 aliphatic carbocycles. The maximum absolute atomic E-state index is 3.11. The van der Waals surface area contributed by atoms with Gasteiger partial charge in [0, 0.05) is 17.1 Å². The van der Waals surface area contributed by atoms with Gasteiger partial charge in [-0.05, 0) is 16.0 Å². The predicted octanol–water partition coefficient (Wildman–Crippen LogP) is 5.97. The van der Waals surface area contributed by atoms with Crippen molar-refractivity contribution in [3.05, 3.63) is 60.2 Å². The van der Waals surface area contributed by atoms with Gasteiger partial charge in [-0.15, -0.1) is 14.8 Å². The molecule has 0 fully saturated rings. The molecule has 1 atom stereocenters. The van der Waals surface area contributed by atoms with Crippen molar-refractivity contribution < 1.29 is 17.1 Å². The van der Waals surface area contributed by atoms with Gasteiger partial charge in [-0.3, -0.25) is 0 Å². The molecule has 0 spiro atoms. The molecule has 0 saturated carbocycles. The van der Waals surface area contributed by atoms with Gasteiger partial charge in [0.2, 0.25) is 0 Å². The SMILES string of the molecule is CC(C)(C)C(P)([c-]1cccc1)C(C)(C)C.[Fe].[cH-]1[cH-][cH-][cH-][cH-]1. The summed E-state index contributed by atoms with van der Waals surface area (Å²) in [6, 6.07) is 18.7. The quantitative estimate of drug-likeness (QED) is 0.340. The fraction of sp³-hybridized carbons (Fsp3) is 0.474. The topological polar surface area (TPSA) is 0 Å². The predicted molar refractivity (Wildman–Crippen MR) is 94.4 cm³/mol. The monoisotopic (exact) mass is 344 g/mol. The summed E-state index contributed by atoms with van der Waals surface area (Å²) in [7, 11) is 3.11. The molecule has 0 amide bonds. The molecule has 124 valence electrons. The van der Waals surface area contributed by atoms with Crippen LogP contribution in [0.2, 0.25) is 0 Å². The van der Waals surface area contributed by atoms with E-state index in [0.717, 1.165) is 0 Å². The Bertz CT molecular complexity index is 435. The van der Waals surface area contributed by atoms with Gasteiger partial charge in [-0.1, -0.05) is 41.5 Å². The van der Waals surface area contributed by atoms with E-state index in [1.165, 1.54) is 5.56 Å². The summed E-state index contributed by atoms with van der Waals surface area (Å²) < 4.78 is 0. The zero-order valence-electron chi connectivity index (χ0n) is 14.1. The second-order valence-electron chi connectivity index (χ2n) is 7.44. The molecule has 2 aromatic rings. The van der Waals surface area contributed by atoms with Crippen LogP contribution in [0.1, 0.15) is 47.1 Å². The fourth-order valence-electron chi connectivity index (χ4n) is 2.95. The first-order chi connectivity index (χ1) is 9.11. The van der Waals surface area contributed by atoms with Crippen LogP contribution in [0, 0.1) is 10.8 Å². The molecule has 2 rings (SSSR count). The molecule has 2 heteroatoms. The molecule has 0 N–H and O–H groups in total.